The van der Waals surface area contributed by atoms with Crippen LogP contribution in [0.1, 0.15) is 11.3 Å². The third-order valence-corrected chi connectivity index (χ3v) is 6.13. The molecule has 0 aliphatic carbocycles. The second kappa shape index (κ2) is 9.15. The van der Waals surface area contributed by atoms with E-state index in [1.54, 1.807) is 29.0 Å². The van der Waals surface area contributed by atoms with Crippen molar-refractivity contribution < 1.29 is 8.42 Å². The van der Waals surface area contributed by atoms with Crippen LogP contribution in [0.4, 0.5) is 5.69 Å². The van der Waals surface area contributed by atoms with Gasteiger partial charge in [0.2, 0.25) is 10.0 Å². The Kier molecular flexibility index (Phi) is 5.88. The number of pyridine rings is 1. The van der Waals surface area contributed by atoms with E-state index in [9.17, 15) is 13.2 Å². The Morgan fingerprint density at radius 1 is 0.857 bits per heavy atom. The first-order chi connectivity index (χ1) is 16.9. The van der Waals surface area contributed by atoms with Crippen LogP contribution in [0.5, 0.6) is 0 Å². The molecule has 3 aromatic carbocycles. The molecule has 0 atom stereocenters. The van der Waals surface area contributed by atoms with Gasteiger partial charge in [0.25, 0.3) is 5.56 Å². The van der Waals surface area contributed by atoms with Gasteiger partial charge in [-0.25, -0.2) is 18.4 Å². The normalized spacial score (nSPS) is 11.5. The van der Waals surface area contributed by atoms with Crippen LogP contribution in [-0.4, -0.2) is 29.2 Å². The number of aromatic nitrogens is 3. The zero-order chi connectivity index (χ0) is 24.4. The van der Waals surface area contributed by atoms with Crippen LogP contribution in [0.2, 0.25) is 0 Å². The molecule has 0 bridgehead atoms. The lowest BCUT2D eigenvalue weighted by atomic mass is 10.0. The molecule has 174 valence electrons. The number of nitrogens with zero attached hydrogens (tertiary/aromatic N) is 3. The molecule has 0 spiro atoms. The van der Waals surface area contributed by atoms with E-state index in [0.717, 1.165) is 22.9 Å². The van der Waals surface area contributed by atoms with Crippen molar-refractivity contribution in [1.29, 1.82) is 0 Å². The quantitative estimate of drug-likeness (QED) is 0.387. The third-order valence-electron chi connectivity index (χ3n) is 5.52. The van der Waals surface area contributed by atoms with Crippen LogP contribution in [0.3, 0.4) is 0 Å². The van der Waals surface area contributed by atoms with E-state index in [0.29, 0.717) is 34.7 Å². The van der Waals surface area contributed by atoms with Crippen LogP contribution in [0, 0.1) is 0 Å². The van der Waals surface area contributed by atoms with Gasteiger partial charge in [0.15, 0.2) is 5.65 Å². The number of fused-ring (bicyclic) bond motifs is 1. The van der Waals surface area contributed by atoms with Gasteiger partial charge in [0.05, 0.1) is 11.9 Å². The van der Waals surface area contributed by atoms with Crippen molar-refractivity contribution in [3.63, 3.8) is 0 Å². The summed E-state index contributed by atoms with van der Waals surface area (Å²) in [5.41, 5.74) is 5.27. The molecular weight excluding hydrogens is 460 g/mol. The molecule has 7 nitrogen and oxygen atoms in total. The Bertz CT molecular complexity index is 1680. The van der Waals surface area contributed by atoms with E-state index >= 15 is 0 Å². The maximum absolute atomic E-state index is 13.6. The predicted octanol–water partition coefficient (Wildman–Crippen LogP) is 4.41. The molecule has 0 aliphatic rings. The number of rotatable bonds is 6. The zero-order valence-corrected chi connectivity index (χ0v) is 19.7. The number of anilines is 1. The second-order valence-electron chi connectivity index (χ2n) is 8.21. The summed E-state index contributed by atoms with van der Waals surface area (Å²) in [6.07, 6.45) is 3.18. The lowest BCUT2D eigenvalue weighted by molar-refractivity contribution is 0.607. The van der Waals surface area contributed by atoms with Gasteiger partial charge in [-0.15, -0.1) is 0 Å². The molecule has 5 aromatic rings. The molecule has 0 unspecified atom stereocenters. The third kappa shape index (κ3) is 4.97. The summed E-state index contributed by atoms with van der Waals surface area (Å²) in [5.74, 6) is 0. The summed E-state index contributed by atoms with van der Waals surface area (Å²) in [6, 6.07) is 28.1. The molecule has 0 aliphatic heterocycles. The minimum atomic E-state index is -3.35. The van der Waals surface area contributed by atoms with Gasteiger partial charge in [0, 0.05) is 18.3 Å². The molecule has 5 rings (SSSR count). The highest BCUT2D eigenvalue weighted by molar-refractivity contribution is 7.92. The number of sulfonamides is 1. The average molecular weight is 483 g/mol. The van der Waals surface area contributed by atoms with Crippen LogP contribution in [0.25, 0.3) is 28.0 Å². The lowest BCUT2D eigenvalue weighted by Gasteiger charge is -2.13. The topological polar surface area (TPSA) is 94.0 Å². The smallest absolute Gasteiger partial charge is 0.278 e. The fourth-order valence-electron chi connectivity index (χ4n) is 3.98. The molecule has 2 aromatic heterocycles. The SMILES string of the molecule is CS(=O)(=O)Nc1ccc(-c2cccc(-n3c(=O)c(Cc4ccccc4)nc4cccnc43)c2)cc1. The van der Waals surface area contributed by atoms with Crippen molar-refractivity contribution in [2.75, 3.05) is 11.0 Å². The van der Waals surface area contributed by atoms with Crippen LogP contribution < -0.4 is 10.3 Å². The molecule has 35 heavy (non-hydrogen) atoms. The maximum atomic E-state index is 13.6. The Balaban J connectivity index is 1.60. The van der Waals surface area contributed by atoms with Crippen molar-refractivity contribution in [3.8, 4) is 16.8 Å². The minimum Gasteiger partial charge on any atom is -0.284 e. The van der Waals surface area contributed by atoms with Gasteiger partial charge in [-0.05, 0) is 53.1 Å². The molecule has 8 heteroatoms. The van der Waals surface area contributed by atoms with Gasteiger partial charge in [-0.1, -0.05) is 54.6 Å². The Hall–Kier alpha value is -4.30. The Morgan fingerprint density at radius 3 is 2.37 bits per heavy atom. The molecule has 0 amide bonds. The maximum Gasteiger partial charge on any atom is 0.278 e. The fourth-order valence-corrected chi connectivity index (χ4v) is 4.54. The van der Waals surface area contributed by atoms with Gasteiger partial charge >= 0.3 is 0 Å². The predicted molar refractivity (Wildman–Crippen MR) is 138 cm³/mol. The molecule has 0 saturated heterocycles. The van der Waals surface area contributed by atoms with Crippen molar-refractivity contribution in [2.45, 2.75) is 6.42 Å². The molecule has 0 radical (unpaired) electrons. The summed E-state index contributed by atoms with van der Waals surface area (Å²) >= 11 is 0. The molecule has 0 fully saturated rings. The van der Waals surface area contributed by atoms with Crippen molar-refractivity contribution in [2.24, 2.45) is 0 Å². The van der Waals surface area contributed by atoms with Crippen LogP contribution in [-0.2, 0) is 16.4 Å². The zero-order valence-electron chi connectivity index (χ0n) is 18.9. The van der Waals surface area contributed by atoms with E-state index in [1.165, 1.54) is 0 Å². The summed E-state index contributed by atoms with van der Waals surface area (Å²) in [5, 5.41) is 0. The number of benzene rings is 3. The average Bonchev–Trinajstić information content (AvgIpc) is 2.85. The highest BCUT2D eigenvalue weighted by atomic mass is 32.2. The van der Waals surface area contributed by atoms with Crippen molar-refractivity contribution in [3.05, 3.63) is 119 Å². The largest absolute Gasteiger partial charge is 0.284 e. The first-order valence-electron chi connectivity index (χ1n) is 11.0. The van der Waals surface area contributed by atoms with E-state index in [4.69, 9.17) is 0 Å². The number of hydrogen-bond donors (Lipinski definition) is 1. The summed E-state index contributed by atoms with van der Waals surface area (Å²) in [6.45, 7) is 0. The van der Waals surface area contributed by atoms with Gasteiger partial charge in [0.1, 0.15) is 11.2 Å². The highest BCUT2D eigenvalue weighted by Crippen LogP contribution is 2.25. The number of hydrogen-bond acceptors (Lipinski definition) is 5. The fraction of sp³-hybridized carbons (Fsp3) is 0.0741. The molecule has 2 heterocycles. The summed E-state index contributed by atoms with van der Waals surface area (Å²) in [7, 11) is -3.35. The van der Waals surface area contributed by atoms with Crippen molar-refractivity contribution >= 4 is 26.9 Å². The Morgan fingerprint density at radius 2 is 1.63 bits per heavy atom. The van der Waals surface area contributed by atoms with E-state index < -0.39 is 10.0 Å². The van der Waals surface area contributed by atoms with Gasteiger partial charge < -0.3 is 0 Å². The molecule has 0 saturated carbocycles. The highest BCUT2D eigenvalue weighted by Gasteiger charge is 2.15. The molecular formula is C27H22N4O3S. The van der Waals surface area contributed by atoms with Gasteiger partial charge in [-0.2, -0.15) is 0 Å². The minimum absolute atomic E-state index is 0.218. The number of nitrogens with one attached hydrogen (secondary N) is 1. The summed E-state index contributed by atoms with van der Waals surface area (Å²) < 4.78 is 27.0. The van der Waals surface area contributed by atoms with E-state index in [2.05, 4.69) is 14.7 Å². The molecule has 1 N–H and O–H groups in total. The lowest BCUT2D eigenvalue weighted by Crippen LogP contribution is -2.25. The van der Waals surface area contributed by atoms with E-state index in [-0.39, 0.29) is 5.56 Å². The van der Waals surface area contributed by atoms with Crippen LogP contribution >= 0.6 is 0 Å². The standard InChI is InChI=1S/C27H22N4O3S/c1-35(33,34)30-22-14-12-20(13-15-22)21-9-5-10-23(18-21)31-26-24(11-6-16-28-26)29-25(27(31)32)17-19-7-3-2-4-8-19/h2-16,18,30H,17H2,1H3. The first kappa shape index (κ1) is 22.5. The van der Waals surface area contributed by atoms with Crippen LogP contribution in [0.15, 0.2) is 102 Å². The van der Waals surface area contributed by atoms with E-state index in [1.807, 2.05) is 72.8 Å². The first-order valence-corrected chi connectivity index (χ1v) is 12.9. The monoisotopic (exact) mass is 482 g/mol. The Labute approximate surface area is 202 Å². The van der Waals surface area contributed by atoms with Crippen molar-refractivity contribution in [1.82, 2.24) is 14.5 Å². The summed E-state index contributed by atoms with van der Waals surface area (Å²) in [4.78, 5) is 22.7. The van der Waals surface area contributed by atoms with Gasteiger partial charge in [-0.3, -0.25) is 14.1 Å². The second-order valence-corrected chi connectivity index (χ2v) is 9.96.